The summed E-state index contributed by atoms with van der Waals surface area (Å²) in [7, 11) is 0. The summed E-state index contributed by atoms with van der Waals surface area (Å²) in [6.07, 6.45) is -0.683. The molecule has 1 amide bonds. The molecule has 1 fully saturated rings. The van der Waals surface area contributed by atoms with Crippen LogP contribution in [0, 0.1) is 5.92 Å². The van der Waals surface area contributed by atoms with E-state index in [0.29, 0.717) is 23.0 Å². The third-order valence-electron chi connectivity index (χ3n) is 4.54. The van der Waals surface area contributed by atoms with Crippen LogP contribution in [0.2, 0.25) is 0 Å². The van der Waals surface area contributed by atoms with Crippen LogP contribution in [0.4, 0.5) is 24.7 Å². The molecule has 8 heteroatoms. The normalized spacial score (nSPS) is 15.4. The molecule has 0 spiro atoms. The fraction of sp³-hybridized carbons (Fsp3) is 0.368. The molecule has 0 radical (unpaired) electrons. The lowest BCUT2D eigenvalue weighted by Crippen LogP contribution is -2.31. The number of nitrogens with one attached hydrogen (secondary N) is 3. The zero-order valence-electron chi connectivity index (χ0n) is 14.6. The number of benzene rings is 1. The second-order valence-corrected chi connectivity index (χ2v) is 6.50. The Labute approximate surface area is 155 Å². The molecule has 0 saturated carbocycles. The summed E-state index contributed by atoms with van der Waals surface area (Å²) in [6.45, 7) is 2.69. The van der Waals surface area contributed by atoms with Crippen molar-refractivity contribution >= 4 is 17.4 Å². The summed E-state index contributed by atoms with van der Waals surface area (Å²) < 4.78 is 37.9. The van der Waals surface area contributed by atoms with Crippen LogP contribution in [0.3, 0.4) is 0 Å². The largest absolute Gasteiger partial charge is 0.416 e. The van der Waals surface area contributed by atoms with Gasteiger partial charge in [0.1, 0.15) is 5.82 Å². The van der Waals surface area contributed by atoms with Gasteiger partial charge < -0.3 is 16.0 Å². The molecular formula is C19H21F3N4O. The molecule has 1 aromatic carbocycles. The molecule has 1 aromatic heterocycles. The van der Waals surface area contributed by atoms with Gasteiger partial charge in [-0.3, -0.25) is 4.79 Å². The highest BCUT2D eigenvalue weighted by atomic mass is 19.4. The quantitative estimate of drug-likeness (QED) is 0.741. The average Bonchev–Trinajstić information content (AvgIpc) is 2.67. The molecule has 2 heterocycles. The number of hydrogen-bond acceptors (Lipinski definition) is 4. The molecule has 0 bridgehead atoms. The lowest BCUT2D eigenvalue weighted by molar-refractivity contribution is -0.137. The number of amides is 1. The Morgan fingerprint density at radius 3 is 2.52 bits per heavy atom. The Morgan fingerprint density at radius 1 is 1.15 bits per heavy atom. The average molecular weight is 378 g/mol. The van der Waals surface area contributed by atoms with Gasteiger partial charge in [0.05, 0.1) is 11.1 Å². The number of alkyl halides is 3. The molecule has 5 nitrogen and oxygen atoms in total. The van der Waals surface area contributed by atoms with Gasteiger partial charge in [-0.05, 0) is 68.2 Å². The number of carbonyl (C=O) groups is 1. The maximum absolute atomic E-state index is 12.6. The standard InChI is InChI=1S/C19H21F3N4O/c20-19(21,22)14-3-5-15(6-4-14)26-18(27)16-2-1-9-24-17(16)25-12-13-7-10-23-11-8-13/h1-6,9,13,23H,7-8,10-12H2,(H,24,25)(H,26,27). The zero-order chi connectivity index (χ0) is 19.3. The highest BCUT2D eigenvalue weighted by Gasteiger charge is 2.30. The predicted molar refractivity (Wildman–Crippen MR) is 97.7 cm³/mol. The topological polar surface area (TPSA) is 66.0 Å². The van der Waals surface area contributed by atoms with E-state index >= 15 is 0 Å². The molecule has 144 valence electrons. The number of carbonyl (C=O) groups excluding carboxylic acids is 1. The highest BCUT2D eigenvalue weighted by Crippen LogP contribution is 2.30. The first-order valence-electron chi connectivity index (χ1n) is 8.81. The lowest BCUT2D eigenvalue weighted by Gasteiger charge is -2.23. The van der Waals surface area contributed by atoms with E-state index in [4.69, 9.17) is 0 Å². The van der Waals surface area contributed by atoms with Gasteiger partial charge in [-0.1, -0.05) is 0 Å². The maximum atomic E-state index is 12.6. The second-order valence-electron chi connectivity index (χ2n) is 6.50. The van der Waals surface area contributed by atoms with Crippen molar-refractivity contribution in [3.63, 3.8) is 0 Å². The SMILES string of the molecule is O=C(Nc1ccc(C(F)(F)F)cc1)c1cccnc1NCC1CCNCC1. The Balaban J connectivity index is 1.65. The number of hydrogen-bond donors (Lipinski definition) is 3. The highest BCUT2D eigenvalue weighted by molar-refractivity contribution is 6.07. The summed E-state index contributed by atoms with van der Waals surface area (Å²) in [5.74, 6) is 0.565. The number of pyridine rings is 1. The van der Waals surface area contributed by atoms with Crippen LogP contribution in [-0.4, -0.2) is 30.5 Å². The van der Waals surface area contributed by atoms with Crippen LogP contribution in [0.25, 0.3) is 0 Å². The summed E-state index contributed by atoms with van der Waals surface area (Å²) >= 11 is 0. The number of rotatable bonds is 5. The Bertz CT molecular complexity index is 771. The van der Waals surface area contributed by atoms with E-state index in [1.807, 2.05) is 0 Å². The molecule has 3 N–H and O–H groups in total. The molecule has 2 aromatic rings. The van der Waals surface area contributed by atoms with Crippen molar-refractivity contribution in [2.45, 2.75) is 19.0 Å². The van der Waals surface area contributed by atoms with E-state index in [1.165, 1.54) is 12.1 Å². The van der Waals surface area contributed by atoms with E-state index in [0.717, 1.165) is 44.6 Å². The minimum atomic E-state index is -4.41. The predicted octanol–water partition coefficient (Wildman–Crippen LogP) is 3.76. The fourth-order valence-corrected chi connectivity index (χ4v) is 3.00. The van der Waals surface area contributed by atoms with Crippen LogP contribution in [-0.2, 0) is 6.18 Å². The van der Waals surface area contributed by atoms with Crippen molar-refractivity contribution in [3.8, 4) is 0 Å². The maximum Gasteiger partial charge on any atom is 0.416 e. The lowest BCUT2D eigenvalue weighted by atomic mass is 9.98. The number of piperidine rings is 1. The van der Waals surface area contributed by atoms with Gasteiger partial charge in [0.25, 0.3) is 5.91 Å². The van der Waals surface area contributed by atoms with Crippen molar-refractivity contribution in [1.29, 1.82) is 0 Å². The van der Waals surface area contributed by atoms with Gasteiger partial charge in [-0.2, -0.15) is 13.2 Å². The van der Waals surface area contributed by atoms with E-state index < -0.39 is 17.6 Å². The molecule has 3 rings (SSSR count). The number of halogens is 3. The summed E-state index contributed by atoms with van der Waals surface area (Å²) in [5.41, 5.74) is -0.112. The van der Waals surface area contributed by atoms with Crippen molar-refractivity contribution in [2.24, 2.45) is 5.92 Å². The van der Waals surface area contributed by atoms with Gasteiger partial charge in [0.2, 0.25) is 0 Å². The van der Waals surface area contributed by atoms with Gasteiger partial charge in [0, 0.05) is 18.4 Å². The third-order valence-corrected chi connectivity index (χ3v) is 4.54. The summed E-state index contributed by atoms with van der Waals surface area (Å²) in [5, 5.41) is 9.15. The van der Waals surface area contributed by atoms with Gasteiger partial charge in [-0.25, -0.2) is 4.98 Å². The molecule has 1 aliphatic heterocycles. The van der Waals surface area contributed by atoms with Crippen LogP contribution in [0.1, 0.15) is 28.8 Å². The minimum absolute atomic E-state index is 0.293. The van der Waals surface area contributed by atoms with Crippen LogP contribution in [0.15, 0.2) is 42.6 Å². The zero-order valence-corrected chi connectivity index (χ0v) is 14.6. The molecule has 1 aliphatic rings. The van der Waals surface area contributed by atoms with E-state index in [1.54, 1.807) is 18.3 Å². The molecule has 0 atom stereocenters. The van der Waals surface area contributed by atoms with E-state index in [-0.39, 0.29) is 0 Å². The van der Waals surface area contributed by atoms with Crippen LogP contribution in [0.5, 0.6) is 0 Å². The summed E-state index contributed by atoms with van der Waals surface area (Å²) in [4.78, 5) is 16.8. The first-order valence-corrected chi connectivity index (χ1v) is 8.81. The first-order chi connectivity index (χ1) is 12.9. The van der Waals surface area contributed by atoms with Crippen LogP contribution >= 0.6 is 0 Å². The Kier molecular flexibility index (Phi) is 5.95. The molecular weight excluding hydrogens is 357 g/mol. The smallest absolute Gasteiger partial charge is 0.369 e. The van der Waals surface area contributed by atoms with Crippen molar-refractivity contribution in [1.82, 2.24) is 10.3 Å². The fourth-order valence-electron chi connectivity index (χ4n) is 3.00. The molecule has 1 saturated heterocycles. The molecule has 0 unspecified atom stereocenters. The van der Waals surface area contributed by atoms with Gasteiger partial charge >= 0.3 is 6.18 Å². The molecule has 0 aliphatic carbocycles. The second kappa shape index (κ2) is 8.39. The van der Waals surface area contributed by atoms with Crippen LogP contribution < -0.4 is 16.0 Å². The monoisotopic (exact) mass is 378 g/mol. The van der Waals surface area contributed by atoms with Crippen molar-refractivity contribution < 1.29 is 18.0 Å². The third kappa shape index (κ3) is 5.19. The minimum Gasteiger partial charge on any atom is -0.369 e. The summed E-state index contributed by atoms with van der Waals surface area (Å²) in [6, 6.07) is 7.64. The van der Waals surface area contributed by atoms with E-state index in [9.17, 15) is 18.0 Å². The molecule has 27 heavy (non-hydrogen) atoms. The van der Waals surface area contributed by atoms with E-state index in [2.05, 4.69) is 20.9 Å². The van der Waals surface area contributed by atoms with Crippen molar-refractivity contribution in [3.05, 3.63) is 53.7 Å². The first kappa shape index (κ1) is 19.2. The number of nitrogens with zero attached hydrogens (tertiary/aromatic N) is 1. The van der Waals surface area contributed by atoms with Gasteiger partial charge in [0.15, 0.2) is 0 Å². The van der Waals surface area contributed by atoms with Gasteiger partial charge in [-0.15, -0.1) is 0 Å². The number of aromatic nitrogens is 1. The van der Waals surface area contributed by atoms with Crippen molar-refractivity contribution in [2.75, 3.05) is 30.3 Å². The Hall–Kier alpha value is -2.61. The number of anilines is 2. The Morgan fingerprint density at radius 2 is 1.85 bits per heavy atom.